The predicted molar refractivity (Wildman–Crippen MR) is 123 cm³/mol. The van der Waals surface area contributed by atoms with Gasteiger partial charge in [0.25, 0.3) is 5.91 Å². The van der Waals surface area contributed by atoms with Gasteiger partial charge in [-0.25, -0.2) is 9.18 Å². The van der Waals surface area contributed by atoms with Gasteiger partial charge in [0, 0.05) is 16.1 Å². The number of aromatic carboxylic acids is 1. The van der Waals surface area contributed by atoms with Gasteiger partial charge in [0.2, 0.25) is 5.91 Å². The van der Waals surface area contributed by atoms with Gasteiger partial charge in [-0.15, -0.1) is 11.8 Å². The minimum absolute atomic E-state index is 0.0169. The zero-order valence-corrected chi connectivity index (χ0v) is 18.3. The van der Waals surface area contributed by atoms with E-state index in [1.54, 1.807) is 31.2 Å². The van der Waals surface area contributed by atoms with E-state index < -0.39 is 17.0 Å². The Hall–Kier alpha value is -3.36. The summed E-state index contributed by atoms with van der Waals surface area (Å²) in [5.41, 5.74) is 1.13. The van der Waals surface area contributed by atoms with Crippen molar-refractivity contribution < 1.29 is 23.9 Å². The number of thioether (sulfide) groups is 1. The third-order valence-electron chi connectivity index (χ3n) is 4.37. The van der Waals surface area contributed by atoms with E-state index in [1.807, 2.05) is 0 Å². The maximum absolute atomic E-state index is 13.0. The number of carboxylic acids is 1. The number of benzene rings is 3. The summed E-state index contributed by atoms with van der Waals surface area (Å²) in [5, 5.41) is 14.2. The number of carbonyl (C=O) groups is 3. The number of rotatable bonds is 7. The summed E-state index contributed by atoms with van der Waals surface area (Å²) in [7, 11) is 0. The molecule has 0 aliphatic heterocycles. The van der Waals surface area contributed by atoms with Crippen LogP contribution in [0.15, 0.2) is 71.6 Å². The topological polar surface area (TPSA) is 95.5 Å². The lowest BCUT2D eigenvalue weighted by atomic mass is 10.2. The predicted octanol–water partition coefficient (Wildman–Crippen LogP) is 5.55. The molecule has 0 aromatic heterocycles. The van der Waals surface area contributed by atoms with Crippen molar-refractivity contribution in [1.29, 1.82) is 0 Å². The van der Waals surface area contributed by atoms with E-state index in [9.17, 15) is 18.8 Å². The molecule has 1 atom stereocenters. The molecule has 2 amide bonds. The molecule has 0 aliphatic carbocycles. The molecule has 0 radical (unpaired) electrons. The lowest BCUT2D eigenvalue weighted by Crippen LogP contribution is -2.22. The van der Waals surface area contributed by atoms with Gasteiger partial charge in [0.05, 0.1) is 21.5 Å². The van der Waals surface area contributed by atoms with E-state index in [4.69, 9.17) is 16.7 Å². The van der Waals surface area contributed by atoms with Gasteiger partial charge in [0.1, 0.15) is 5.82 Å². The molecule has 9 heteroatoms. The summed E-state index contributed by atoms with van der Waals surface area (Å²) >= 11 is 7.34. The quantitative estimate of drug-likeness (QED) is 0.392. The molecule has 3 aromatic rings. The molecular formula is C23H18ClFN2O4S. The first-order valence-electron chi connectivity index (χ1n) is 9.40. The zero-order valence-electron chi connectivity index (χ0n) is 16.8. The van der Waals surface area contributed by atoms with Crippen molar-refractivity contribution in [2.24, 2.45) is 0 Å². The van der Waals surface area contributed by atoms with E-state index in [1.165, 1.54) is 54.2 Å². The highest BCUT2D eigenvalue weighted by Gasteiger charge is 2.17. The van der Waals surface area contributed by atoms with Crippen LogP contribution >= 0.6 is 23.4 Å². The summed E-state index contributed by atoms with van der Waals surface area (Å²) in [6, 6.07) is 16.2. The van der Waals surface area contributed by atoms with Crippen LogP contribution in [0.2, 0.25) is 5.02 Å². The molecule has 6 nitrogen and oxygen atoms in total. The summed E-state index contributed by atoms with van der Waals surface area (Å²) in [6.45, 7) is 1.71. The number of hydrogen-bond donors (Lipinski definition) is 3. The molecule has 1 unspecified atom stereocenters. The van der Waals surface area contributed by atoms with Crippen LogP contribution in [0, 0.1) is 5.82 Å². The highest BCUT2D eigenvalue weighted by molar-refractivity contribution is 8.00. The molecule has 0 bridgehead atoms. The number of anilines is 2. The highest BCUT2D eigenvalue weighted by atomic mass is 35.5. The number of amides is 2. The van der Waals surface area contributed by atoms with E-state index in [-0.39, 0.29) is 28.1 Å². The van der Waals surface area contributed by atoms with E-state index in [0.717, 1.165) is 4.90 Å². The third-order valence-corrected chi connectivity index (χ3v) is 5.81. The molecule has 0 saturated heterocycles. The fourth-order valence-corrected chi connectivity index (χ4v) is 3.70. The van der Waals surface area contributed by atoms with Gasteiger partial charge >= 0.3 is 5.97 Å². The van der Waals surface area contributed by atoms with Gasteiger partial charge in [-0.1, -0.05) is 11.6 Å². The first-order valence-corrected chi connectivity index (χ1v) is 10.7. The highest BCUT2D eigenvalue weighted by Crippen LogP contribution is 2.28. The van der Waals surface area contributed by atoms with Gasteiger partial charge in [-0.05, 0) is 73.7 Å². The second kappa shape index (κ2) is 10.3. The van der Waals surface area contributed by atoms with E-state index in [2.05, 4.69) is 10.6 Å². The van der Waals surface area contributed by atoms with E-state index in [0.29, 0.717) is 11.3 Å². The summed E-state index contributed by atoms with van der Waals surface area (Å²) in [5.74, 6) is -2.24. The normalized spacial score (nSPS) is 11.5. The minimum atomic E-state index is -1.12. The van der Waals surface area contributed by atoms with Crippen LogP contribution in [-0.2, 0) is 4.79 Å². The fraction of sp³-hybridized carbons (Fsp3) is 0.0870. The molecule has 0 fully saturated rings. The number of carboxylic acid groups (broad SMARTS) is 1. The second-order valence-electron chi connectivity index (χ2n) is 6.73. The molecule has 3 aromatic carbocycles. The molecule has 0 heterocycles. The molecule has 3 N–H and O–H groups in total. The Labute approximate surface area is 192 Å². The number of nitrogens with one attached hydrogen (secondary N) is 2. The first kappa shape index (κ1) is 23.3. The van der Waals surface area contributed by atoms with Crippen molar-refractivity contribution in [2.45, 2.75) is 17.1 Å². The summed E-state index contributed by atoms with van der Waals surface area (Å²) in [6.07, 6.45) is 0. The monoisotopic (exact) mass is 472 g/mol. The standard InChI is InChI=1S/C23H18ClFN2O4S/c1-13(21(28)27-20-12-15(23(30)31)4-11-19(20)24)32-18-9-7-17(8-10-18)26-22(29)14-2-5-16(25)6-3-14/h2-13H,1H3,(H,26,29)(H,27,28)(H,30,31). The summed E-state index contributed by atoms with van der Waals surface area (Å²) < 4.78 is 13.0. The van der Waals surface area contributed by atoms with Gasteiger partial charge in [0.15, 0.2) is 0 Å². The largest absolute Gasteiger partial charge is 0.478 e. The van der Waals surface area contributed by atoms with Crippen LogP contribution in [-0.4, -0.2) is 28.1 Å². The number of hydrogen-bond acceptors (Lipinski definition) is 4. The Kier molecular flexibility index (Phi) is 7.50. The Morgan fingerprint density at radius 1 is 0.938 bits per heavy atom. The van der Waals surface area contributed by atoms with E-state index >= 15 is 0 Å². The van der Waals surface area contributed by atoms with Crippen LogP contribution in [0.1, 0.15) is 27.6 Å². The lowest BCUT2D eigenvalue weighted by Gasteiger charge is -2.14. The number of halogens is 2. The zero-order chi connectivity index (χ0) is 23.3. The Morgan fingerprint density at radius 2 is 1.56 bits per heavy atom. The molecular weight excluding hydrogens is 455 g/mol. The van der Waals surface area contributed by atoms with Crippen LogP contribution in [0.4, 0.5) is 15.8 Å². The molecule has 0 saturated carbocycles. The Morgan fingerprint density at radius 3 is 2.19 bits per heavy atom. The van der Waals surface area contributed by atoms with Gasteiger partial charge in [-0.2, -0.15) is 0 Å². The maximum atomic E-state index is 13.0. The Balaban J connectivity index is 1.59. The summed E-state index contributed by atoms with van der Waals surface area (Å²) in [4.78, 5) is 36.6. The molecule has 0 spiro atoms. The Bertz CT molecular complexity index is 1150. The van der Waals surface area contributed by atoms with Crippen LogP contribution < -0.4 is 10.6 Å². The first-order chi connectivity index (χ1) is 15.2. The van der Waals surface area contributed by atoms with Crippen molar-refractivity contribution in [3.8, 4) is 0 Å². The number of carbonyl (C=O) groups excluding carboxylic acids is 2. The molecule has 164 valence electrons. The molecule has 32 heavy (non-hydrogen) atoms. The lowest BCUT2D eigenvalue weighted by molar-refractivity contribution is -0.115. The second-order valence-corrected chi connectivity index (χ2v) is 8.56. The van der Waals surface area contributed by atoms with Crippen molar-refractivity contribution in [2.75, 3.05) is 10.6 Å². The van der Waals surface area contributed by atoms with Crippen LogP contribution in [0.25, 0.3) is 0 Å². The van der Waals surface area contributed by atoms with Crippen molar-refractivity contribution in [1.82, 2.24) is 0 Å². The SMILES string of the molecule is CC(Sc1ccc(NC(=O)c2ccc(F)cc2)cc1)C(=O)Nc1cc(C(=O)O)ccc1Cl. The molecule has 0 aliphatic rings. The van der Waals surface area contributed by atoms with Gasteiger partial charge < -0.3 is 15.7 Å². The van der Waals surface area contributed by atoms with Crippen molar-refractivity contribution in [3.05, 3.63) is 88.7 Å². The van der Waals surface area contributed by atoms with Crippen molar-refractivity contribution in [3.63, 3.8) is 0 Å². The average molecular weight is 473 g/mol. The smallest absolute Gasteiger partial charge is 0.335 e. The average Bonchev–Trinajstić information content (AvgIpc) is 2.76. The van der Waals surface area contributed by atoms with Gasteiger partial charge in [-0.3, -0.25) is 9.59 Å². The van der Waals surface area contributed by atoms with Crippen LogP contribution in [0.3, 0.4) is 0 Å². The molecule has 3 rings (SSSR count). The minimum Gasteiger partial charge on any atom is -0.478 e. The maximum Gasteiger partial charge on any atom is 0.335 e. The fourth-order valence-electron chi connectivity index (χ4n) is 2.67. The van der Waals surface area contributed by atoms with Crippen molar-refractivity contribution >= 4 is 52.5 Å². The van der Waals surface area contributed by atoms with Crippen LogP contribution in [0.5, 0.6) is 0 Å². The third kappa shape index (κ3) is 6.09.